The van der Waals surface area contributed by atoms with Crippen molar-refractivity contribution >= 4 is 56.7 Å². The second-order valence-electron chi connectivity index (χ2n) is 15.5. The van der Waals surface area contributed by atoms with Gasteiger partial charge in [0.1, 0.15) is 42.6 Å². The van der Waals surface area contributed by atoms with Crippen molar-refractivity contribution in [2.24, 2.45) is 0 Å². The first-order valence-electron chi connectivity index (χ1n) is 21.2. The topological polar surface area (TPSA) is 253 Å². The number of methoxy groups -OCH3 is 1. The van der Waals surface area contributed by atoms with Gasteiger partial charge in [0.2, 0.25) is 21.8 Å². The quantitative estimate of drug-likeness (QED) is 0.0541. The van der Waals surface area contributed by atoms with Gasteiger partial charge in [0.15, 0.2) is 6.61 Å². The Kier molecular flexibility index (Phi) is 15.0. The number of benzene rings is 4. The second kappa shape index (κ2) is 21.2. The fraction of sp³-hybridized carbons (Fsp3) is 0.304. The van der Waals surface area contributed by atoms with Gasteiger partial charge in [0, 0.05) is 47.7 Å². The molecule has 0 radical (unpaired) electrons. The largest absolute Gasteiger partial charge is 0.497 e. The van der Waals surface area contributed by atoms with Crippen LogP contribution < -0.4 is 35.5 Å². The molecule has 3 heterocycles. The van der Waals surface area contributed by atoms with E-state index >= 15 is 0 Å². The van der Waals surface area contributed by atoms with E-state index in [1.165, 1.54) is 37.4 Å². The van der Waals surface area contributed by atoms with Crippen LogP contribution in [0.15, 0.2) is 95.9 Å². The molecule has 3 unspecified atom stereocenters. The number of hydrogen-bond donors (Lipinski definition) is 6. The Morgan fingerprint density at radius 1 is 0.881 bits per heavy atom. The number of aromatic amines is 1. The molecule has 0 bridgehead atoms. The Balaban J connectivity index is 1.00. The van der Waals surface area contributed by atoms with Crippen molar-refractivity contribution in [1.82, 2.24) is 35.9 Å². The lowest BCUT2D eigenvalue weighted by Crippen LogP contribution is -2.73. The van der Waals surface area contributed by atoms with Crippen LogP contribution in [0.1, 0.15) is 42.9 Å². The molecule has 6 amide bonds. The number of nitrogens with zero attached hydrogens (tertiary/aromatic N) is 1. The van der Waals surface area contributed by atoms with E-state index in [0.29, 0.717) is 43.9 Å². The highest BCUT2D eigenvalue weighted by atomic mass is 32.2. The number of nitrogens with one attached hydrogen (secondary N) is 6. The summed E-state index contributed by atoms with van der Waals surface area (Å²) < 4.78 is 64.8. The number of likely N-dealkylation sites (tertiary alicyclic amines) is 1. The van der Waals surface area contributed by atoms with E-state index in [2.05, 4.69) is 31.0 Å². The van der Waals surface area contributed by atoms with Gasteiger partial charge in [0.05, 0.1) is 30.2 Å². The highest BCUT2D eigenvalue weighted by Gasteiger charge is 2.53. The summed E-state index contributed by atoms with van der Waals surface area (Å²) in [6.45, 7) is 1.06. The van der Waals surface area contributed by atoms with Gasteiger partial charge >= 0.3 is 12.2 Å². The average Bonchev–Trinajstić information content (AvgIpc) is 3.64. The summed E-state index contributed by atoms with van der Waals surface area (Å²) >= 11 is 0. The number of ether oxygens (including phenoxy) is 4. The summed E-state index contributed by atoms with van der Waals surface area (Å²) in [7, 11) is -2.61. The van der Waals surface area contributed by atoms with Gasteiger partial charge in [-0.25, -0.2) is 32.0 Å². The Morgan fingerprint density at radius 3 is 2.36 bits per heavy atom. The number of imide groups is 1. The molecule has 0 saturated carbocycles. The van der Waals surface area contributed by atoms with Crippen LogP contribution >= 0.6 is 0 Å². The average molecular weight is 942 g/mol. The lowest BCUT2D eigenvalue weighted by molar-refractivity contribution is -0.152. The molecular formula is C46H48FN7O12S. The Bertz CT molecular complexity index is 2770. The molecule has 0 aliphatic carbocycles. The predicted octanol–water partition coefficient (Wildman–Crippen LogP) is 3.90. The first kappa shape index (κ1) is 47.4. The van der Waals surface area contributed by atoms with Crippen molar-refractivity contribution in [3.05, 3.63) is 114 Å². The number of halogens is 1. The lowest BCUT2D eigenvalue weighted by atomic mass is 9.92. The minimum atomic E-state index is -4.10. The third kappa shape index (κ3) is 11.5. The van der Waals surface area contributed by atoms with Crippen LogP contribution in [0.25, 0.3) is 22.2 Å². The number of fused-ring (bicyclic) bond motifs is 5. The molecule has 352 valence electrons. The van der Waals surface area contributed by atoms with Crippen LogP contribution in [-0.2, 0) is 58.4 Å². The number of alkyl carbamates (subject to hydrolysis) is 1. The zero-order valence-electron chi connectivity index (χ0n) is 36.4. The minimum absolute atomic E-state index is 0.0137. The van der Waals surface area contributed by atoms with Crippen molar-refractivity contribution in [1.29, 1.82) is 0 Å². The summed E-state index contributed by atoms with van der Waals surface area (Å²) in [5, 5.41) is 10.9. The number of carbonyl (C=O) groups is 6. The Labute approximate surface area is 384 Å². The maximum absolute atomic E-state index is 14.1. The highest BCUT2D eigenvalue weighted by molar-refractivity contribution is 7.89. The van der Waals surface area contributed by atoms with Crippen molar-refractivity contribution in [2.75, 3.05) is 26.8 Å². The van der Waals surface area contributed by atoms with Gasteiger partial charge in [-0.2, -0.15) is 0 Å². The lowest BCUT2D eigenvalue weighted by Gasteiger charge is -2.44. The third-order valence-corrected chi connectivity index (χ3v) is 12.4. The number of hydrogen-bond acceptors (Lipinski definition) is 12. The monoisotopic (exact) mass is 941 g/mol. The summed E-state index contributed by atoms with van der Waals surface area (Å²) in [5.74, 6) is -2.91. The standard InChI is InChI=1S/C46H48FN7O12S/c1-3-48-43(57)36(10-7-19-49-45(59)65-24-27-8-5-4-6-9-27)51-39(55)22-37-42(44(58)54(37)46(60)66-25-28-11-14-30(63-2)15-12-28)53-40(56)26-64-31-16-17-32-38(21-31)67(61,62)50-23-34-33-20-29(47)13-18-35(33)52-41(32)34/h4-6,8-9,11-18,20-21,36-37,42,50,52H,3,7,10,19,22-26H2,1-2H3,(H,48,57)(H,49,59)(H,51,55)(H,53,56). The fourth-order valence-corrected chi connectivity index (χ4v) is 8.84. The number of β-lactam (4-membered cyclic amide) rings is 1. The second-order valence-corrected chi connectivity index (χ2v) is 17.2. The van der Waals surface area contributed by atoms with Gasteiger partial charge in [-0.1, -0.05) is 42.5 Å². The van der Waals surface area contributed by atoms with Crippen LogP contribution in [0.5, 0.6) is 11.5 Å². The number of aromatic nitrogens is 1. The Hall–Kier alpha value is -7.52. The smallest absolute Gasteiger partial charge is 0.417 e. The van der Waals surface area contributed by atoms with Gasteiger partial charge in [0.25, 0.3) is 11.8 Å². The number of sulfonamides is 1. The summed E-state index contributed by atoms with van der Waals surface area (Å²) in [5.41, 5.74) is 3.27. The van der Waals surface area contributed by atoms with Gasteiger partial charge in [-0.05, 0) is 73.4 Å². The molecule has 1 fully saturated rings. The molecule has 7 rings (SSSR count). The summed E-state index contributed by atoms with van der Waals surface area (Å²) in [6, 6.07) is 20.3. The molecule has 2 aliphatic heterocycles. The van der Waals surface area contributed by atoms with E-state index in [9.17, 15) is 41.6 Å². The zero-order chi connectivity index (χ0) is 47.7. The molecule has 3 atom stereocenters. The number of likely N-dealkylation sites (N-methyl/N-ethyl adjacent to an activating group) is 1. The number of H-pyrrole nitrogens is 1. The summed E-state index contributed by atoms with van der Waals surface area (Å²) in [4.78, 5) is 82.9. The molecule has 5 aromatic rings. The number of rotatable bonds is 18. The first-order valence-corrected chi connectivity index (χ1v) is 22.7. The molecular weight excluding hydrogens is 894 g/mol. The van der Waals surface area contributed by atoms with Crippen molar-refractivity contribution < 1.29 is 60.5 Å². The molecule has 4 aromatic carbocycles. The molecule has 19 nitrogen and oxygen atoms in total. The van der Waals surface area contributed by atoms with E-state index in [0.717, 1.165) is 5.56 Å². The molecule has 1 saturated heterocycles. The van der Waals surface area contributed by atoms with Gasteiger partial charge in [-0.3, -0.25) is 19.2 Å². The van der Waals surface area contributed by atoms with Crippen LogP contribution in [0.2, 0.25) is 0 Å². The van der Waals surface area contributed by atoms with E-state index in [1.807, 2.05) is 30.3 Å². The van der Waals surface area contributed by atoms with E-state index < -0.39 is 82.8 Å². The highest BCUT2D eigenvalue weighted by Crippen LogP contribution is 2.38. The van der Waals surface area contributed by atoms with Crippen LogP contribution in [0, 0.1) is 5.82 Å². The molecule has 0 spiro atoms. The third-order valence-electron chi connectivity index (χ3n) is 11.0. The van der Waals surface area contributed by atoms with Crippen LogP contribution in [-0.4, -0.2) is 99.0 Å². The Morgan fingerprint density at radius 2 is 1.61 bits per heavy atom. The zero-order valence-corrected chi connectivity index (χ0v) is 37.2. The molecule has 21 heteroatoms. The fourth-order valence-electron chi connectivity index (χ4n) is 7.62. The maximum Gasteiger partial charge on any atom is 0.417 e. The summed E-state index contributed by atoms with van der Waals surface area (Å²) in [6.07, 6.45) is -1.96. The molecule has 2 aliphatic rings. The predicted molar refractivity (Wildman–Crippen MR) is 238 cm³/mol. The van der Waals surface area contributed by atoms with Crippen molar-refractivity contribution in [3.63, 3.8) is 0 Å². The van der Waals surface area contributed by atoms with Crippen molar-refractivity contribution in [2.45, 2.75) is 69.0 Å². The number of amides is 6. The maximum atomic E-state index is 14.1. The van der Waals surface area contributed by atoms with Crippen molar-refractivity contribution in [3.8, 4) is 22.8 Å². The van der Waals surface area contributed by atoms with Gasteiger partial charge in [-0.15, -0.1) is 0 Å². The first-order chi connectivity index (χ1) is 32.2. The van der Waals surface area contributed by atoms with E-state index in [1.54, 1.807) is 37.3 Å². The molecule has 67 heavy (non-hydrogen) atoms. The van der Waals surface area contributed by atoms with Crippen LogP contribution in [0.4, 0.5) is 14.0 Å². The number of carbonyl (C=O) groups excluding carboxylic acids is 6. The van der Waals surface area contributed by atoms with E-state index in [4.69, 9.17) is 18.9 Å². The SMILES string of the molecule is CCNC(=O)C(CCCNC(=O)OCc1ccccc1)NC(=O)CC1C(NC(=O)COc2ccc3c(c2)S(=O)(=O)NCc2c-3[nH]c3ccc(F)cc23)C(=O)N1C(=O)OCc1ccc(OC)cc1. The van der Waals surface area contributed by atoms with E-state index in [-0.39, 0.29) is 56.3 Å². The normalized spacial score (nSPS) is 16.2. The molecule has 6 N–H and O–H groups in total. The minimum Gasteiger partial charge on any atom is -0.497 e. The van der Waals surface area contributed by atoms with Crippen LogP contribution in [0.3, 0.4) is 0 Å². The van der Waals surface area contributed by atoms with Gasteiger partial charge < -0.3 is 45.2 Å². The molecule has 1 aromatic heterocycles.